The number of aliphatic hydroxyl groups is 4. The highest BCUT2D eigenvalue weighted by Gasteiger charge is 2.66. The lowest BCUT2D eigenvalue weighted by Gasteiger charge is -2.60. The fourth-order valence-corrected chi connectivity index (χ4v) is 7.96. The molecule has 0 aromatic heterocycles. The van der Waals surface area contributed by atoms with Crippen molar-refractivity contribution in [1.82, 2.24) is 0 Å². The molecule has 4 aliphatic carbocycles. The van der Waals surface area contributed by atoms with Crippen molar-refractivity contribution >= 4 is 5.78 Å². The number of aliphatic hydroxyl groups excluding tert-OH is 2. The Bertz CT molecular complexity index is 824. The SMILES string of the molecule is CC(/C=C/CC(C)(C)O)[C@H]1CC[C@@]2(O)C3=CC(=O)[C@@H]4C[C@@H](O)[C@@H](O)C[C@]4(C)C3CC[C@]12C. The summed E-state index contributed by atoms with van der Waals surface area (Å²) in [5.41, 5.74) is -1.60. The molecule has 4 aliphatic rings. The van der Waals surface area contributed by atoms with Gasteiger partial charge in [-0.1, -0.05) is 32.9 Å². The number of hydrogen-bond donors (Lipinski definition) is 4. The summed E-state index contributed by atoms with van der Waals surface area (Å²) in [6.45, 7) is 10.1. The minimum absolute atomic E-state index is 0.00365. The first-order valence-corrected chi connectivity index (χ1v) is 12.5. The summed E-state index contributed by atoms with van der Waals surface area (Å²) in [6, 6.07) is 0. The Hall–Kier alpha value is -1.01. The molecule has 3 fully saturated rings. The van der Waals surface area contributed by atoms with E-state index in [1.807, 2.05) is 0 Å². The van der Waals surface area contributed by atoms with Gasteiger partial charge in [0.1, 0.15) is 0 Å². The van der Waals surface area contributed by atoms with Crippen LogP contribution in [0.5, 0.6) is 0 Å². The quantitative estimate of drug-likeness (QED) is 0.495. The van der Waals surface area contributed by atoms with Gasteiger partial charge in [0, 0.05) is 11.3 Å². The third-order valence-electron chi connectivity index (χ3n) is 9.88. The number of fused-ring (bicyclic) bond motifs is 5. The Morgan fingerprint density at radius 3 is 2.50 bits per heavy atom. The van der Waals surface area contributed by atoms with E-state index in [4.69, 9.17) is 0 Å². The van der Waals surface area contributed by atoms with E-state index in [1.54, 1.807) is 19.9 Å². The maximum Gasteiger partial charge on any atom is 0.159 e. The molecule has 2 unspecified atom stereocenters. The molecule has 32 heavy (non-hydrogen) atoms. The Labute approximate surface area is 192 Å². The topological polar surface area (TPSA) is 98.0 Å². The minimum atomic E-state index is -1.01. The van der Waals surface area contributed by atoms with Crippen LogP contribution < -0.4 is 0 Å². The first-order valence-electron chi connectivity index (χ1n) is 12.5. The fraction of sp³-hybridized carbons (Fsp3) is 0.815. The molecular formula is C27H42O5. The third kappa shape index (κ3) is 3.55. The molecule has 0 spiro atoms. The monoisotopic (exact) mass is 446 g/mol. The Balaban J connectivity index is 1.64. The zero-order valence-electron chi connectivity index (χ0n) is 20.3. The summed E-state index contributed by atoms with van der Waals surface area (Å²) in [5.74, 6) is 0.340. The summed E-state index contributed by atoms with van der Waals surface area (Å²) < 4.78 is 0. The molecule has 0 heterocycles. The fourth-order valence-electron chi connectivity index (χ4n) is 7.96. The average Bonchev–Trinajstić information content (AvgIpc) is 2.95. The van der Waals surface area contributed by atoms with Crippen LogP contribution in [0.15, 0.2) is 23.8 Å². The minimum Gasteiger partial charge on any atom is -0.390 e. The van der Waals surface area contributed by atoms with Crippen LogP contribution in [0.2, 0.25) is 0 Å². The molecule has 5 nitrogen and oxygen atoms in total. The predicted octanol–water partition coefficient (Wildman–Crippen LogP) is 3.54. The summed E-state index contributed by atoms with van der Waals surface area (Å²) in [7, 11) is 0. The molecule has 4 rings (SSSR count). The molecule has 3 saturated carbocycles. The van der Waals surface area contributed by atoms with Gasteiger partial charge in [0.2, 0.25) is 0 Å². The first-order chi connectivity index (χ1) is 14.7. The molecule has 9 atom stereocenters. The second-order valence-corrected chi connectivity index (χ2v) is 12.5. The van der Waals surface area contributed by atoms with Gasteiger partial charge in [0.25, 0.3) is 0 Å². The lowest BCUT2D eigenvalue weighted by atomic mass is 9.46. The highest BCUT2D eigenvalue weighted by atomic mass is 16.3. The Morgan fingerprint density at radius 2 is 1.84 bits per heavy atom. The second kappa shape index (κ2) is 7.76. The second-order valence-electron chi connectivity index (χ2n) is 12.5. The van der Waals surface area contributed by atoms with Crippen LogP contribution in [0.4, 0.5) is 0 Å². The van der Waals surface area contributed by atoms with Gasteiger partial charge in [-0.2, -0.15) is 0 Å². The van der Waals surface area contributed by atoms with Crippen LogP contribution in [-0.2, 0) is 4.79 Å². The number of rotatable bonds is 4. The van der Waals surface area contributed by atoms with E-state index in [1.165, 1.54) is 0 Å². The molecular weight excluding hydrogens is 404 g/mol. The maximum atomic E-state index is 13.2. The Kier molecular flexibility index (Phi) is 5.85. The van der Waals surface area contributed by atoms with E-state index in [-0.39, 0.29) is 29.0 Å². The highest BCUT2D eigenvalue weighted by Crippen LogP contribution is 2.68. The number of ketones is 1. The van der Waals surface area contributed by atoms with E-state index < -0.39 is 28.8 Å². The van der Waals surface area contributed by atoms with Crippen LogP contribution in [0.3, 0.4) is 0 Å². The van der Waals surface area contributed by atoms with Crippen molar-refractivity contribution in [1.29, 1.82) is 0 Å². The van der Waals surface area contributed by atoms with Crippen molar-refractivity contribution < 1.29 is 25.2 Å². The van der Waals surface area contributed by atoms with Gasteiger partial charge in [-0.25, -0.2) is 0 Å². The van der Waals surface area contributed by atoms with Gasteiger partial charge in [0.15, 0.2) is 5.78 Å². The smallest absolute Gasteiger partial charge is 0.159 e. The third-order valence-corrected chi connectivity index (χ3v) is 9.88. The standard InChI is InChI=1S/C27H42O5/c1-16(7-6-10-24(2,3)31)17-9-12-27(32)19-13-21(28)20-14-22(29)23(30)15-25(20,4)18(19)8-11-26(17,27)5/h6-7,13,16-18,20,22-23,29-32H,8-12,14-15H2,1-5H3/b7-6+/t16?,17-,18?,20+,22-,23+,25-,26-,27-/m1/s1. The molecule has 0 aromatic rings. The van der Waals surface area contributed by atoms with Crippen molar-refractivity contribution in [2.45, 2.75) is 103 Å². The number of allylic oxidation sites excluding steroid dienone is 2. The van der Waals surface area contributed by atoms with Crippen LogP contribution >= 0.6 is 0 Å². The first kappa shape index (κ1) is 24.1. The van der Waals surface area contributed by atoms with Crippen molar-refractivity contribution in [3.63, 3.8) is 0 Å². The normalized spacial score (nSPS) is 47.6. The summed E-state index contributed by atoms with van der Waals surface area (Å²) in [6.07, 6.45) is 8.93. The zero-order chi connectivity index (χ0) is 23.7. The van der Waals surface area contributed by atoms with E-state index in [0.29, 0.717) is 31.6 Å². The predicted molar refractivity (Wildman–Crippen MR) is 124 cm³/mol. The number of carbonyl (C=O) groups excluding carboxylic acids is 1. The molecule has 0 aromatic carbocycles. The van der Waals surface area contributed by atoms with Gasteiger partial charge in [-0.15, -0.1) is 0 Å². The van der Waals surface area contributed by atoms with Crippen LogP contribution in [-0.4, -0.2) is 49.6 Å². The lowest BCUT2D eigenvalue weighted by Crippen LogP contribution is -2.60. The van der Waals surface area contributed by atoms with Crippen molar-refractivity contribution in [2.24, 2.45) is 34.5 Å². The van der Waals surface area contributed by atoms with Crippen molar-refractivity contribution in [3.05, 3.63) is 23.8 Å². The average molecular weight is 447 g/mol. The van der Waals surface area contributed by atoms with Crippen LogP contribution in [0.1, 0.15) is 79.6 Å². The molecule has 0 saturated heterocycles. The van der Waals surface area contributed by atoms with Crippen LogP contribution in [0.25, 0.3) is 0 Å². The molecule has 5 heteroatoms. The molecule has 0 amide bonds. The zero-order valence-corrected chi connectivity index (χ0v) is 20.3. The maximum absolute atomic E-state index is 13.2. The van der Waals surface area contributed by atoms with Crippen molar-refractivity contribution in [3.8, 4) is 0 Å². The van der Waals surface area contributed by atoms with E-state index >= 15 is 0 Å². The van der Waals surface area contributed by atoms with E-state index in [0.717, 1.165) is 24.8 Å². The number of carbonyl (C=O) groups is 1. The van der Waals surface area contributed by atoms with Gasteiger partial charge in [-0.3, -0.25) is 4.79 Å². The lowest BCUT2D eigenvalue weighted by molar-refractivity contribution is -0.152. The van der Waals surface area contributed by atoms with Gasteiger partial charge in [0.05, 0.1) is 23.4 Å². The highest BCUT2D eigenvalue weighted by molar-refractivity contribution is 5.95. The summed E-state index contributed by atoms with van der Waals surface area (Å²) in [4.78, 5) is 13.2. The van der Waals surface area contributed by atoms with E-state index in [9.17, 15) is 25.2 Å². The summed E-state index contributed by atoms with van der Waals surface area (Å²) >= 11 is 0. The molecule has 4 N–H and O–H groups in total. The van der Waals surface area contributed by atoms with Gasteiger partial charge in [-0.05, 0) is 93.6 Å². The van der Waals surface area contributed by atoms with Gasteiger partial charge < -0.3 is 20.4 Å². The van der Waals surface area contributed by atoms with Crippen LogP contribution in [0, 0.1) is 34.5 Å². The molecule has 180 valence electrons. The largest absolute Gasteiger partial charge is 0.390 e. The molecule has 0 aliphatic heterocycles. The Morgan fingerprint density at radius 1 is 1.16 bits per heavy atom. The molecule has 0 radical (unpaired) electrons. The van der Waals surface area contributed by atoms with Gasteiger partial charge >= 0.3 is 0 Å². The number of hydrogen-bond acceptors (Lipinski definition) is 5. The van der Waals surface area contributed by atoms with Crippen molar-refractivity contribution in [2.75, 3.05) is 0 Å². The van der Waals surface area contributed by atoms with E-state index in [2.05, 4.69) is 32.9 Å². The summed E-state index contributed by atoms with van der Waals surface area (Å²) in [5, 5.41) is 42.9. The molecule has 0 bridgehead atoms.